The largest absolute Gasteiger partial charge is 0.0620 e. The van der Waals surface area contributed by atoms with Crippen LogP contribution in [0.4, 0.5) is 0 Å². The molecule has 0 aliphatic heterocycles. The predicted octanol–water partition coefficient (Wildman–Crippen LogP) is 3.93. The third-order valence-corrected chi connectivity index (χ3v) is 2.24. The SMILES string of the molecule is CC(C)c1ccccc1C(C)C.[Mo]. The number of rotatable bonds is 2. The second kappa shape index (κ2) is 5.60. The van der Waals surface area contributed by atoms with Gasteiger partial charge in [-0.2, -0.15) is 0 Å². The van der Waals surface area contributed by atoms with Crippen molar-refractivity contribution in [3.8, 4) is 0 Å². The summed E-state index contributed by atoms with van der Waals surface area (Å²) in [7, 11) is 0. The first-order chi connectivity index (χ1) is 5.63. The summed E-state index contributed by atoms with van der Waals surface area (Å²) in [5.41, 5.74) is 2.99. The van der Waals surface area contributed by atoms with Crippen molar-refractivity contribution in [2.75, 3.05) is 0 Å². The molecule has 72 valence electrons. The first-order valence-corrected chi connectivity index (χ1v) is 4.71. The fourth-order valence-corrected chi connectivity index (χ4v) is 1.56. The average Bonchev–Trinajstić information content (AvgIpc) is 2.04. The molecule has 0 spiro atoms. The predicted molar refractivity (Wildman–Crippen MR) is 54.6 cm³/mol. The van der Waals surface area contributed by atoms with E-state index in [2.05, 4.69) is 52.0 Å². The smallest absolute Gasteiger partial charge is 0 e. The summed E-state index contributed by atoms with van der Waals surface area (Å²) in [5.74, 6) is 1.28. The monoisotopic (exact) mass is 260 g/mol. The van der Waals surface area contributed by atoms with Crippen LogP contribution < -0.4 is 0 Å². The van der Waals surface area contributed by atoms with Gasteiger partial charge in [0.2, 0.25) is 0 Å². The quantitative estimate of drug-likeness (QED) is 0.705. The minimum Gasteiger partial charge on any atom is -0.0620 e. The van der Waals surface area contributed by atoms with Crippen LogP contribution in [0.25, 0.3) is 0 Å². The zero-order valence-corrected chi connectivity index (χ0v) is 10.9. The summed E-state index contributed by atoms with van der Waals surface area (Å²) in [6.07, 6.45) is 0. The number of benzene rings is 1. The summed E-state index contributed by atoms with van der Waals surface area (Å²) in [6.45, 7) is 9.00. The Morgan fingerprint density at radius 3 is 1.31 bits per heavy atom. The average molecular weight is 258 g/mol. The van der Waals surface area contributed by atoms with Crippen LogP contribution in [0.3, 0.4) is 0 Å². The number of hydrogen-bond acceptors (Lipinski definition) is 0. The van der Waals surface area contributed by atoms with Crippen molar-refractivity contribution < 1.29 is 21.1 Å². The fourth-order valence-electron chi connectivity index (χ4n) is 1.56. The molecule has 0 nitrogen and oxygen atoms in total. The Balaban J connectivity index is 0.00000144. The van der Waals surface area contributed by atoms with Crippen molar-refractivity contribution in [1.82, 2.24) is 0 Å². The van der Waals surface area contributed by atoms with E-state index in [0.717, 1.165) is 0 Å². The Morgan fingerprint density at radius 1 is 0.769 bits per heavy atom. The molecule has 0 N–H and O–H groups in total. The topological polar surface area (TPSA) is 0 Å². The molecule has 0 fully saturated rings. The van der Waals surface area contributed by atoms with Crippen LogP contribution in [-0.4, -0.2) is 0 Å². The molecular formula is C12H18Mo. The molecule has 0 radical (unpaired) electrons. The fraction of sp³-hybridized carbons (Fsp3) is 0.500. The third kappa shape index (κ3) is 3.27. The van der Waals surface area contributed by atoms with Gasteiger partial charge in [0.15, 0.2) is 0 Å². The molecule has 0 amide bonds. The standard InChI is InChI=1S/C12H18.Mo/c1-9(2)11-7-5-6-8-12(11)10(3)4;/h5-10H,1-4H3;. The zero-order chi connectivity index (χ0) is 9.14. The molecule has 1 aromatic carbocycles. The van der Waals surface area contributed by atoms with E-state index in [1.54, 1.807) is 0 Å². The molecule has 0 saturated heterocycles. The van der Waals surface area contributed by atoms with Crippen molar-refractivity contribution in [2.24, 2.45) is 0 Å². The Kier molecular flexibility index (Phi) is 5.56. The van der Waals surface area contributed by atoms with Gasteiger partial charge >= 0.3 is 0 Å². The van der Waals surface area contributed by atoms with Gasteiger partial charge in [0.1, 0.15) is 0 Å². The van der Waals surface area contributed by atoms with E-state index in [0.29, 0.717) is 11.8 Å². The summed E-state index contributed by atoms with van der Waals surface area (Å²) in [5, 5.41) is 0. The zero-order valence-electron chi connectivity index (χ0n) is 8.87. The van der Waals surface area contributed by atoms with E-state index in [9.17, 15) is 0 Å². The molecule has 0 saturated carbocycles. The van der Waals surface area contributed by atoms with Crippen LogP contribution >= 0.6 is 0 Å². The van der Waals surface area contributed by atoms with Gasteiger partial charge in [0, 0.05) is 21.1 Å². The summed E-state index contributed by atoms with van der Waals surface area (Å²) >= 11 is 0. The third-order valence-electron chi connectivity index (χ3n) is 2.24. The Bertz CT molecular complexity index is 224. The Morgan fingerprint density at radius 2 is 1.08 bits per heavy atom. The molecule has 0 heterocycles. The number of hydrogen-bond donors (Lipinski definition) is 0. The van der Waals surface area contributed by atoms with Gasteiger partial charge < -0.3 is 0 Å². The van der Waals surface area contributed by atoms with E-state index in [1.165, 1.54) is 11.1 Å². The minimum absolute atomic E-state index is 0. The second-order valence-electron chi connectivity index (χ2n) is 3.94. The molecule has 0 atom stereocenters. The maximum Gasteiger partial charge on any atom is 0 e. The molecule has 0 aliphatic rings. The molecule has 0 unspecified atom stereocenters. The van der Waals surface area contributed by atoms with Gasteiger partial charge in [0.05, 0.1) is 0 Å². The molecule has 0 aliphatic carbocycles. The van der Waals surface area contributed by atoms with Crippen molar-refractivity contribution in [2.45, 2.75) is 39.5 Å². The van der Waals surface area contributed by atoms with Gasteiger partial charge in [-0.3, -0.25) is 0 Å². The molecule has 13 heavy (non-hydrogen) atoms. The van der Waals surface area contributed by atoms with Gasteiger partial charge in [-0.25, -0.2) is 0 Å². The summed E-state index contributed by atoms with van der Waals surface area (Å²) < 4.78 is 0. The van der Waals surface area contributed by atoms with Crippen molar-refractivity contribution >= 4 is 0 Å². The first-order valence-electron chi connectivity index (χ1n) is 4.71. The van der Waals surface area contributed by atoms with Crippen LogP contribution in [0, 0.1) is 0 Å². The van der Waals surface area contributed by atoms with E-state index in [1.807, 2.05) is 0 Å². The molecule has 1 rings (SSSR count). The summed E-state index contributed by atoms with van der Waals surface area (Å²) in [4.78, 5) is 0. The first kappa shape index (κ1) is 12.9. The van der Waals surface area contributed by atoms with Gasteiger partial charge in [0.25, 0.3) is 0 Å². The Labute approximate surface area is 96.0 Å². The molecular weight excluding hydrogens is 240 g/mol. The van der Waals surface area contributed by atoms with Crippen LogP contribution in [0.2, 0.25) is 0 Å². The van der Waals surface area contributed by atoms with Crippen molar-refractivity contribution in [3.05, 3.63) is 35.4 Å². The van der Waals surface area contributed by atoms with Crippen molar-refractivity contribution in [1.29, 1.82) is 0 Å². The van der Waals surface area contributed by atoms with Crippen LogP contribution in [-0.2, 0) is 21.1 Å². The molecule has 1 aromatic rings. The van der Waals surface area contributed by atoms with E-state index >= 15 is 0 Å². The molecule has 0 bridgehead atoms. The second-order valence-corrected chi connectivity index (χ2v) is 3.94. The summed E-state index contributed by atoms with van der Waals surface area (Å²) in [6, 6.07) is 8.72. The van der Waals surface area contributed by atoms with Crippen LogP contribution in [0.5, 0.6) is 0 Å². The van der Waals surface area contributed by atoms with Crippen LogP contribution in [0.1, 0.15) is 50.7 Å². The van der Waals surface area contributed by atoms with Gasteiger partial charge in [-0.05, 0) is 23.0 Å². The van der Waals surface area contributed by atoms with Crippen molar-refractivity contribution in [3.63, 3.8) is 0 Å². The normalized spacial score (nSPS) is 10.3. The van der Waals surface area contributed by atoms with Gasteiger partial charge in [-0.1, -0.05) is 52.0 Å². The maximum atomic E-state index is 2.25. The Hall–Kier alpha value is -0.0917. The van der Waals surface area contributed by atoms with Crippen LogP contribution in [0.15, 0.2) is 24.3 Å². The van der Waals surface area contributed by atoms with E-state index < -0.39 is 0 Å². The minimum atomic E-state index is 0. The van der Waals surface area contributed by atoms with E-state index in [4.69, 9.17) is 0 Å². The molecule has 1 heteroatoms. The van der Waals surface area contributed by atoms with E-state index in [-0.39, 0.29) is 21.1 Å². The maximum absolute atomic E-state index is 2.25. The molecule has 0 aromatic heterocycles. The van der Waals surface area contributed by atoms with Gasteiger partial charge in [-0.15, -0.1) is 0 Å².